The van der Waals surface area contributed by atoms with Crippen molar-refractivity contribution in [2.24, 2.45) is 11.7 Å². The molecular formula is C11H19N3O4. The normalized spacial score (nSPS) is 19.3. The van der Waals surface area contributed by atoms with Gasteiger partial charge in [0.1, 0.15) is 0 Å². The maximum atomic E-state index is 11.7. The molecule has 102 valence electrons. The molecule has 0 saturated carbocycles. The highest BCUT2D eigenvalue weighted by atomic mass is 16.4. The van der Waals surface area contributed by atoms with Crippen molar-refractivity contribution in [2.75, 3.05) is 19.6 Å². The number of rotatable bonds is 5. The summed E-state index contributed by atoms with van der Waals surface area (Å²) in [5.74, 6) is -0.909. The average molecular weight is 257 g/mol. The van der Waals surface area contributed by atoms with Gasteiger partial charge in [0.15, 0.2) is 0 Å². The van der Waals surface area contributed by atoms with E-state index in [1.807, 2.05) is 0 Å². The molecule has 0 aromatic rings. The van der Waals surface area contributed by atoms with Gasteiger partial charge in [0.05, 0.1) is 6.42 Å². The maximum absolute atomic E-state index is 11.7. The summed E-state index contributed by atoms with van der Waals surface area (Å²) in [6.07, 6.45) is 1.69. The number of piperidine rings is 1. The fourth-order valence-electron chi connectivity index (χ4n) is 2.08. The van der Waals surface area contributed by atoms with E-state index in [1.165, 1.54) is 0 Å². The summed E-state index contributed by atoms with van der Waals surface area (Å²) in [4.78, 5) is 34.4. The summed E-state index contributed by atoms with van der Waals surface area (Å²) >= 11 is 0. The van der Waals surface area contributed by atoms with Gasteiger partial charge in [0.25, 0.3) is 0 Å². The molecule has 1 saturated heterocycles. The third-order valence-electron chi connectivity index (χ3n) is 2.99. The van der Waals surface area contributed by atoms with Crippen LogP contribution >= 0.6 is 0 Å². The van der Waals surface area contributed by atoms with E-state index in [4.69, 9.17) is 10.8 Å². The second-order valence-corrected chi connectivity index (χ2v) is 4.49. The molecule has 18 heavy (non-hydrogen) atoms. The third-order valence-corrected chi connectivity index (χ3v) is 2.99. The van der Waals surface area contributed by atoms with Crippen LogP contribution in [0.1, 0.15) is 25.7 Å². The van der Waals surface area contributed by atoms with Crippen LogP contribution in [-0.2, 0) is 9.59 Å². The Morgan fingerprint density at radius 1 is 1.33 bits per heavy atom. The van der Waals surface area contributed by atoms with Gasteiger partial charge >= 0.3 is 12.0 Å². The van der Waals surface area contributed by atoms with E-state index in [2.05, 4.69) is 5.32 Å². The molecule has 1 heterocycles. The number of primary amides is 1. The highest BCUT2D eigenvalue weighted by molar-refractivity contribution is 5.80. The lowest BCUT2D eigenvalue weighted by Crippen LogP contribution is -2.44. The van der Waals surface area contributed by atoms with Gasteiger partial charge in [0, 0.05) is 26.1 Å². The second-order valence-electron chi connectivity index (χ2n) is 4.49. The number of amides is 3. The number of carboxylic acids is 1. The molecule has 0 bridgehead atoms. The molecule has 0 aliphatic carbocycles. The number of hydrogen-bond donors (Lipinski definition) is 3. The second kappa shape index (κ2) is 6.83. The minimum absolute atomic E-state index is 0.0330. The molecule has 1 fully saturated rings. The molecule has 1 unspecified atom stereocenters. The summed E-state index contributed by atoms with van der Waals surface area (Å²) in [5.41, 5.74) is 4.99. The fraction of sp³-hybridized carbons (Fsp3) is 0.727. The molecule has 0 aromatic heterocycles. The van der Waals surface area contributed by atoms with Crippen LogP contribution in [-0.4, -0.2) is 47.5 Å². The summed E-state index contributed by atoms with van der Waals surface area (Å²) in [6.45, 7) is 1.67. The smallest absolute Gasteiger partial charge is 0.312 e. The number of nitrogens with zero attached hydrogens (tertiary/aromatic N) is 1. The third kappa shape index (κ3) is 5.03. The number of carbonyl (C=O) groups excluding carboxylic acids is 2. The maximum Gasteiger partial charge on any atom is 0.312 e. The van der Waals surface area contributed by atoms with Crippen molar-refractivity contribution in [3.63, 3.8) is 0 Å². The number of hydrogen-bond acceptors (Lipinski definition) is 3. The number of carboxylic acid groups (broad SMARTS) is 1. The topological polar surface area (TPSA) is 113 Å². The van der Waals surface area contributed by atoms with Crippen molar-refractivity contribution in [3.8, 4) is 0 Å². The first kappa shape index (κ1) is 14.3. The van der Waals surface area contributed by atoms with Gasteiger partial charge in [-0.15, -0.1) is 0 Å². The lowest BCUT2D eigenvalue weighted by atomic mass is 9.97. The Balaban J connectivity index is 2.35. The summed E-state index contributed by atoms with van der Waals surface area (Å²) in [5, 5.41) is 11.1. The molecule has 0 spiro atoms. The van der Waals surface area contributed by atoms with Crippen molar-refractivity contribution >= 4 is 17.9 Å². The van der Waals surface area contributed by atoms with Crippen molar-refractivity contribution < 1.29 is 19.5 Å². The predicted molar refractivity (Wildman–Crippen MR) is 63.8 cm³/mol. The Morgan fingerprint density at radius 3 is 2.67 bits per heavy atom. The van der Waals surface area contributed by atoms with Gasteiger partial charge in [-0.25, -0.2) is 4.79 Å². The molecule has 1 rings (SSSR count). The quantitative estimate of drug-likeness (QED) is 0.630. The molecule has 0 radical (unpaired) electrons. The largest absolute Gasteiger partial charge is 0.481 e. The minimum Gasteiger partial charge on any atom is -0.481 e. The zero-order chi connectivity index (χ0) is 13.5. The summed E-state index contributed by atoms with van der Waals surface area (Å²) < 4.78 is 0. The number of nitrogens with two attached hydrogens (primary N) is 1. The SMILES string of the molecule is NC(=O)NCC1CCCN(C(=O)CCC(=O)O)C1. The molecule has 7 nitrogen and oxygen atoms in total. The van der Waals surface area contributed by atoms with Crippen LogP contribution in [0.25, 0.3) is 0 Å². The molecule has 4 N–H and O–H groups in total. The van der Waals surface area contributed by atoms with Gasteiger partial charge in [-0.1, -0.05) is 0 Å². The van der Waals surface area contributed by atoms with Gasteiger partial charge < -0.3 is 21.1 Å². The van der Waals surface area contributed by atoms with E-state index >= 15 is 0 Å². The van der Waals surface area contributed by atoms with E-state index in [0.29, 0.717) is 19.6 Å². The highest BCUT2D eigenvalue weighted by Gasteiger charge is 2.23. The molecule has 7 heteroatoms. The van der Waals surface area contributed by atoms with Crippen LogP contribution in [0.3, 0.4) is 0 Å². The molecule has 3 amide bonds. The predicted octanol–water partition coefficient (Wildman–Crippen LogP) is -0.242. The van der Waals surface area contributed by atoms with Gasteiger partial charge in [-0.2, -0.15) is 0 Å². The van der Waals surface area contributed by atoms with E-state index in [9.17, 15) is 14.4 Å². The van der Waals surface area contributed by atoms with E-state index in [0.717, 1.165) is 12.8 Å². The number of urea groups is 1. The van der Waals surface area contributed by atoms with E-state index in [1.54, 1.807) is 4.90 Å². The van der Waals surface area contributed by atoms with Gasteiger partial charge in [-0.05, 0) is 18.8 Å². The van der Waals surface area contributed by atoms with Crippen molar-refractivity contribution in [2.45, 2.75) is 25.7 Å². The number of aliphatic carboxylic acids is 1. The lowest BCUT2D eigenvalue weighted by Gasteiger charge is -2.32. The monoisotopic (exact) mass is 257 g/mol. The van der Waals surface area contributed by atoms with Crippen LogP contribution in [0.15, 0.2) is 0 Å². The Hall–Kier alpha value is -1.79. The number of carbonyl (C=O) groups is 3. The molecule has 1 aliphatic rings. The first-order valence-electron chi connectivity index (χ1n) is 6.02. The molecular weight excluding hydrogens is 238 g/mol. The van der Waals surface area contributed by atoms with Crippen LogP contribution < -0.4 is 11.1 Å². The number of likely N-dealkylation sites (tertiary alicyclic amines) is 1. The standard InChI is InChI=1S/C11H19N3O4/c12-11(18)13-6-8-2-1-5-14(7-8)9(15)3-4-10(16)17/h8H,1-7H2,(H,16,17)(H3,12,13,18). The molecule has 0 aromatic carbocycles. The van der Waals surface area contributed by atoms with E-state index in [-0.39, 0.29) is 24.7 Å². The minimum atomic E-state index is -0.965. The molecule has 1 atom stereocenters. The summed E-state index contributed by atoms with van der Waals surface area (Å²) in [7, 11) is 0. The molecule has 1 aliphatic heterocycles. The van der Waals surface area contributed by atoms with Crippen molar-refractivity contribution in [1.29, 1.82) is 0 Å². The van der Waals surface area contributed by atoms with Crippen LogP contribution in [0.4, 0.5) is 4.79 Å². The zero-order valence-corrected chi connectivity index (χ0v) is 10.2. The first-order valence-corrected chi connectivity index (χ1v) is 6.02. The van der Waals surface area contributed by atoms with Crippen LogP contribution in [0, 0.1) is 5.92 Å². The fourth-order valence-corrected chi connectivity index (χ4v) is 2.08. The Kier molecular flexibility index (Phi) is 5.41. The Morgan fingerprint density at radius 2 is 2.06 bits per heavy atom. The number of nitrogens with one attached hydrogen (secondary N) is 1. The van der Waals surface area contributed by atoms with Crippen molar-refractivity contribution in [1.82, 2.24) is 10.2 Å². The van der Waals surface area contributed by atoms with Crippen LogP contribution in [0.2, 0.25) is 0 Å². The zero-order valence-electron chi connectivity index (χ0n) is 10.2. The van der Waals surface area contributed by atoms with Crippen molar-refractivity contribution in [3.05, 3.63) is 0 Å². The highest BCUT2D eigenvalue weighted by Crippen LogP contribution is 2.16. The van der Waals surface area contributed by atoms with Gasteiger partial charge in [0.2, 0.25) is 5.91 Å². The first-order chi connectivity index (χ1) is 8.49. The summed E-state index contributed by atoms with van der Waals surface area (Å²) in [6, 6.07) is -0.565. The lowest BCUT2D eigenvalue weighted by molar-refractivity contribution is -0.141. The van der Waals surface area contributed by atoms with Gasteiger partial charge in [-0.3, -0.25) is 9.59 Å². The van der Waals surface area contributed by atoms with Crippen LogP contribution in [0.5, 0.6) is 0 Å². The Labute approximate surface area is 105 Å². The Bertz CT molecular complexity index is 332. The average Bonchev–Trinajstić information content (AvgIpc) is 2.33. The van der Waals surface area contributed by atoms with E-state index < -0.39 is 12.0 Å².